The number of phenolic OH excluding ortho intramolecular Hbond substituents is 1. The van der Waals surface area contributed by atoms with Crippen molar-refractivity contribution in [2.45, 2.75) is 83.2 Å². The highest BCUT2D eigenvalue weighted by molar-refractivity contribution is 6.01. The van der Waals surface area contributed by atoms with Crippen molar-refractivity contribution in [1.82, 2.24) is 0 Å². The number of nitrogens with zero attached hydrogens (tertiary/aromatic N) is 1. The van der Waals surface area contributed by atoms with Crippen LogP contribution in [-0.2, 0) is 35.4 Å². The molecule has 12 heteroatoms. The average Bonchev–Trinajstić information content (AvgIpc) is 3.27. The minimum atomic E-state index is -1.83. The number of carbonyl (C=O) groups is 1. The average molecular weight is 856 g/mol. The molecule has 0 spiro atoms. The maximum Gasteiger partial charge on any atom is 0.192 e. The number of rotatable bonds is 11. The topological polar surface area (TPSA) is 196 Å². The maximum atomic E-state index is 13.8. The number of hydrogen-bond donors (Lipinski definition) is 7. The fourth-order valence-corrected chi connectivity index (χ4v) is 9.04. The summed E-state index contributed by atoms with van der Waals surface area (Å²) in [7, 11) is 3.17. The Hall–Kier alpha value is -6.26. The smallest absolute Gasteiger partial charge is 0.192 e. The highest BCUT2D eigenvalue weighted by atomic mass is 16.5. The van der Waals surface area contributed by atoms with E-state index in [1.165, 1.54) is 0 Å². The summed E-state index contributed by atoms with van der Waals surface area (Å²) in [5.41, 5.74) is 11.6. The van der Waals surface area contributed by atoms with E-state index in [9.17, 15) is 30.3 Å². The lowest BCUT2D eigenvalue weighted by Crippen LogP contribution is -2.26. The number of nitrogens with one attached hydrogen (secondary N) is 1. The van der Waals surface area contributed by atoms with E-state index < -0.39 is 12.4 Å². The van der Waals surface area contributed by atoms with Crippen molar-refractivity contribution in [1.29, 1.82) is 0 Å². The van der Waals surface area contributed by atoms with Gasteiger partial charge in [-0.25, -0.2) is 0 Å². The van der Waals surface area contributed by atoms with Gasteiger partial charge in [0.2, 0.25) is 0 Å². The molecule has 6 bridgehead atoms. The Morgan fingerprint density at radius 3 is 2.67 bits per heavy atom. The van der Waals surface area contributed by atoms with Crippen LogP contribution in [0.5, 0.6) is 17.2 Å². The lowest BCUT2D eigenvalue weighted by atomic mass is 9.77. The van der Waals surface area contributed by atoms with Gasteiger partial charge in [-0.2, -0.15) is 0 Å². The molecule has 2 aliphatic heterocycles. The van der Waals surface area contributed by atoms with E-state index in [-0.39, 0.29) is 79.0 Å². The summed E-state index contributed by atoms with van der Waals surface area (Å²) in [6.07, 6.45) is 13.1. The van der Waals surface area contributed by atoms with Crippen molar-refractivity contribution in [2.75, 3.05) is 26.1 Å². The zero-order valence-corrected chi connectivity index (χ0v) is 36.0. The van der Waals surface area contributed by atoms with Gasteiger partial charge in [0.1, 0.15) is 36.1 Å². The highest BCUT2D eigenvalue weighted by Gasteiger charge is 2.30. The highest BCUT2D eigenvalue weighted by Crippen LogP contribution is 2.44. The first kappa shape index (κ1) is 44.8. The second-order valence-corrected chi connectivity index (χ2v) is 16.7. The number of phenols is 1. The molecule has 8 rings (SSSR count). The minimum absolute atomic E-state index is 0.00218. The lowest BCUT2D eigenvalue weighted by molar-refractivity contribution is -0.121. The predicted octanol–water partition coefficient (Wildman–Crippen LogP) is 7.66. The Morgan fingerprint density at radius 1 is 1.05 bits per heavy atom. The van der Waals surface area contributed by atoms with Crippen LogP contribution in [-0.4, -0.2) is 64.1 Å². The summed E-state index contributed by atoms with van der Waals surface area (Å²) < 4.78 is 18.3. The Kier molecular flexibility index (Phi) is 14.4. The Bertz CT molecular complexity index is 2510. The van der Waals surface area contributed by atoms with Gasteiger partial charge in [0, 0.05) is 61.2 Å². The minimum Gasteiger partial charge on any atom is -0.508 e. The number of fused-ring (bicyclic) bond motifs is 9. The number of nitrogens with two attached hydrogens (primary N) is 1. The third-order valence-electron chi connectivity index (χ3n) is 12.5. The van der Waals surface area contributed by atoms with Crippen molar-refractivity contribution in [2.24, 2.45) is 28.5 Å². The summed E-state index contributed by atoms with van der Waals surface area (Å²) in [5.74, 6) is 4.13. The second-order valence-electron chi connectivity index (χ2n) is 16.7. The van der Waals surface area contributed by atoms with Crippen LogP contribution in [0, 0.1) is 29.8 Å². The number of guanidine groups is 1. The molecule has 2 aliphatic carbocycles. The van der Waals surface area contributed by atoms with Gasteiger partial charge in [-0.15, -0.1) is 0 Å². The largest absolute Gasteiger partial charge is 0.508 e. The van der Waals surface area contributed by atoms with Crippen LogP contribution in [0.3, 0.4) is 0 Å². The summed E-state index contributed by atoms with van der Waals surface area (Å²) in [5, 5.41) is 58.7. The van der Waals surface area contributed by atoms with E-state index >= 15 is 0 Å². The van der Waals surface area contributed by atoms with E-state index in [0.717, 1.165) is 46.2 Å². The third-order valence-corrected chi connectivity index (χ3v) is 12.5. The number of aryl methyl sites for hydroxylation is 2. The van der Waals surface area contributed by atoms with Gasteiger partial charge >= 0.3 is 0 Å². The van der Waals surface area contributed by atoms with E-state index in [1.807, 2.05) is 61.5 Å². The number of anilines is 1. The summed E-state index contributed by atoms with van der Waals surface area (Å²) >= 11 is 0. The number of hydrogen-bond acceptors (Lipinski definition) is 10. The Labute approximate surface area is 368 Å². The van der Waals surface area contributed by atoms with Crippen LogP contribution in [0.15, 0.2) is 89.7 Å². The van der Waals surface area contributed by atoms with Gasteiger partial charge < -0.3 is 50.8 Å². The van der Waals surface area contributed by atoms with Crippen molar-refractivity contribution in [3.8, 4) is 29.3 Å². The number of allylic oxidation sites excluding steroid dienone is 4. The zero-order valence-electron chi connectivity index (χ0n) is 36.0. The maximum absolute atomic E-state index is 13.8. The van der Waals surface area contributed by atoms with Gasteiger partial charge in [0.25, 0.3) is 0 Å². The molecule has 0 saturated heterocycles. The molecule has 63 heavy (non-hydrogen) atoms. The lowest BCUT2D eigenvalue weighted by Gasteiger charge is -2.30. The summed E-state index contributed by atoms with van der Waals surface area (Å²) in [4.78, 5) is 17.7. The summed E-state index contributed by atoms with van der Waals surface area (Å²) in [6.45, 7) is 2.02. The molecule has 5 atom stereocenters. The van der Waals surface area contributed by atoms with Crippen molar-refractivity contribution in [3.63, 3.8) is 0 Å². The van der Waals surface area contributed by atoms with E-state index in [2.05, 4.69) is 22.3 Å². The van der Waals surface area contributed by atoms with Gasteiger partial charge in [0.05, 0.1) is 7.11 Å². The SMILES string of the molecule is CN=C(N)Nc1cccc(CC[C@H](CO)C[C@@H]2C=CC(O)=C[C@H]2C[C@H]2CC(=O)CCc3ccc(OC)c(c3)OCc3c(C(O)O)cc4c(c(O)cc5c4c3C=C[C@H]5C)CC#CO2)c1. The first-order valence-electron chi connectivity index (χ1n) is 21.6. The van der Waals surface area contributed by atoms with E-state index in [1.54, 1.807) is 44.5 Å². The predicted molar refractivity (Wildman–Crippen MR) is 244 cm³/mol. The molecule has 0 amide bonds. The molecule has 0 saturated carbocycles. The van der Waals surface area contributed by atoms with Crippen LogP contribution in [0.1, 0.15) is 90.2 Å². The first-order chi connectivity index (χ1) is 30.4. The van der Waals surface area contributed by atoms with Crippen LogP contribution >= 0.6 is 0 Å². The number of aliphatic hydroxyl groups is 4. The second kappa shape index (κ2) is 20.3. The number of Topliss-reactive ketones (excluding diaryl/α,β-unsaturated/α-hetero) is 1. The van der Waals surface area contributed by atoms with Crippen LogP contribution in [0.4, 0.5) is 5.69 Å². The zero-order chi connectivity index (χ0) is 44.6. The van der Waals surface area contributed by atoms with Crippen molar-refractivity contribution < 1.29 is 44.5 Å². The number of ether oxygens (including phenoxy) is 3. The molecule has 0 fully saturated rings. The molecular formula is C51H57N3O9. The molecule has 330 valence electrons. The monoisotopic (exact) mass is 855 g/mol. The first-order valence-corrected chi connectivity index (χ1v) is 21.6. The molecular weight excluding hydrogens is 799 g/mol. The number of aliphatic hydroxyl groups excluding tert-OH is 3. The normalized spacial score (nSPS) is 20.5. The molecule has 8 N–H and O–H groups in total. The Balaban J connectivity index is 1.18. The van der Waals surface area contributed by atoms with Crippen LogP contribution in [0.25, 0.3) is 16.8 Å². The summed E-state index contributed by atoms with van der Waals surface area (Å²) in [6, 6.07) is 16.9. The molecule has 4 aliphatic rings. The number of aliphatic imine (C=N–C) groups is 1. The molecule has 0 aromatic heterocycles. The van der Waals surface area contributed by atoms with E-state index in [4.69, 9.17) is 19.9 Å². The molecule has 4 aromatic carbocycles. The van der Waals surface area contributed by atoms with Gasteiger partial charge in [-0.05, 0) is 131 Å². The third kappa shape index (κ3) is 10.7. The van der Waals surface area contributed by atoms with Crippen LogP contribution < -0.4 is 20.5 Å². The van der Waals surface area contributed by atoms with E-state index in [0.29, 0.717) is 53.2 Å². The quantitative estimate of drug-likeness (QED) is 0.0339. The standard InChI is InChI=1S/C51H57N3O9/c1-30-9-17-41-45-29-63-48-22-32(13-18-47(48)61-3)12-15-38(57)25-39(62-19-5-8-40-43(26-44(45)50(59)60)49(41)42(30)27-46(40)58)24-35-23-37(56)16-14-34(35)20-33(28-55)11-10-31-6-4-7-36(21-31)54-51(52)53-2/h4,6-7,9,13-14,16-18,21-23,26-27,30,33-35,39,50,55-56,58-60H,8,10-12,15,20,24-25,28-29H2,1-3H3,(H3,52,53,54)/t30-,33+,34+,35+,39+/m1/s1. The fourth-order valence-electron chi connectivity index (χ4n) is 9.04. The van der Waals surface area contributed by atoms with Gasteiger partial charge in [0.15, 0.2) is 23.7 Å². The molecule has 12 nitrogen and oxygen atoms in total. The molecule has 0 radical (unpaired) electrons. The number of benzene rings is 4. The van der Waals surface area contributed by atoms with Crippen molar-refractivity contribution in [3.05, 3.63) is 124 Å². The van der Waals surface area contributed by atoms with Crippen LogP contribution in [0.2, 0.25) is 0 Å². The number of ketones is 1. The molecule has 2 heterocycles. The van der Waals surface area contributed by atoms with Gasteiger partial charge in [-0.1, -0.05) is 49.3 Å². The number of aromatic hydroxyl groups is 1. The van der Waals surface area contributed by atoms with Gasteiger partial charge in [-0.3, -0.25) is 9.79 Å². The number of carbonyl (C=O) groups excluding carboxylic acids is 1. The Morgan fingerprint density at radius 2 is 1.89 bits per heavy atom. The fraction of sp³-hybridized carbons (Fsp3) is 0.373. The molecule has 4 aromatic rings. The molecule has 0 unspecified atom stereocenters. The van der Waals surface area contributed by atoms with Crippen molar-refractivity contribution >= 4 is 34.3 Å². The number of methoxy groups -OCH3 is 1.